The number of hydrogen-bond donors (Lipinski definition) is 2. The molecule has 1 saturated heterocycles. The Morgan fingerprint density at radius 3 is 2.60 bits per heavy atom. The molecule has 1 aromatic rings. The molecule has 0 spiro atoms. The Bertz CT molecular complexity index is 472. The summed E-state index contributed by atoms with van der Waals surface area (Å²) in [5.74, 6) is 1.98. The van der Waals surface area contributed by atoms with Crippen LogP contribution in [0.2, 0.25) is 0 Å². The molecule has 1 aliphatic heterocycles. The number of carbonyl (C=O) groups is 1. The molecule has 110 valence electrons. The number of carbonyl (C=O) groups excluding carboxylic acids is 1. The summed E-state index contributed by atoms with van der Waals surface area (Å²) >= 11 is 0. The Morgan fingerprint density at radius 1 is 1.35 bits per heavy atom. The Kier molecular flexibility index (Phi) is 4.84. The smallest absolute Gasteiger partial charge is 0.223 e. The first-order valence-corrected chi connectivity index (χ1v) is 6.85. The van der Waals surface area contributed by atoms with Gasteiger partial charge in [0.25, 0.3) is 0 Å². The molecule has 20 heavy (non-hydrogen) atoms. The second-order valence-corrected chi connectivity index (χ2v) is 5.11. The van der Waals surface area contributed by atoms with Crippen molar-refractivity contribution in [1.29, 1.82) is 0 Å². The lowest BCUT2D eigenvalue weighted by Crippen LogP contribution is -2.49. The summed E-state index contributed by atoms with van der Waals surface area (Å²) in [6.07, 6.45) is 0. The Balaban J connectivity index is 1.91. The monoisotopic (exact) mass is 278 g/mol. The summed E-state index contributed by atoms with van der Waals surface area (Å²) in [5, 5.41) is 6.16. The average molecular weight is 278 g/mol. The minimum atomic E-state index is 0.0522. The van der Waals surface area contributed by atoms with Crippen molar-refractivity contribution in [1.82, 2.24) is 10.6 Å². The molecule has 1 amide bonds. The summed E-state index contributed by atoms with van der Waals surface area (Å²) in [5.41, 5.74) is 0.995. The van der Waals surface area contributed by atoms with Gasteiger partial charge in [0.05, 0.1) is 14.2 Å². The normalized spacial score (nSPS) is 16.1. The van der Waals surface area contributed by atoms with Crippen LogP contribution in [-0.4, -0.2) is 33.2 Å². The zero-order chi connectivity index (χ0) is 14.5. The lowest BCUT2D eigenvalue weighted by Gasteiger charge is -2.31. The Hall–Kier alpha value is -1.75. The highest BCUT2D eigenvalue weighted by atomic mass is 16.5. The van der Waals surface area contributed by atoms with Gasteiger partial charge in [0.1, 0.15) is 0 Å². The third kappa shape index (κ3) is 3.22. The summed E-state index contributed by atoms with van der Waals surface area (Å²) in [6.45, 7) is 4.36. The van der Waals surface area contributed by atoms with Crippen LogP contribution in [0, 0.1) is 11.8 Å². The molecular formula is C15H22N2O3. The van der Waals surface area contributed by atoms with Crippen molar-refractivity contribution in [2.45, 2.75) is 13.5 Å². The molecule has 1 heterocycles. The molecule has 2 rings (SSSR count). The molecule has 2 N–H and O–H groups in total. The highest BCUT2D eigenvalue weighted by Crippen LogP contribution is 2.27. The fourth-order valence-corrected chi connectivity index (χ4v) is 2.22. The minimum Gasteiger partial charge on any atom is -0.493 e. The van der Waals surface area contributed by atoms with E-state index >= 15 is 0 Å². The zero-order valence-electron chi connectivity index (χ0n) is 12.2. The summed E-state index contributed by atoms with van der Waals surface area (Å²) in [4.78, 5) is 12.0. The molecule has 1 atom stereocenters. The van der Waals surface area contributed by atoms with E-state index in [1.54, 1.807) is 14.2 Å². The van der Waals surface area contributed by atoms with Crippen LogP contribution in [0.3, 0.4) is 0 Å². The maximum Gasteiger partial charge on any atom is 0.223 e. The van der Waals surface area contributed by atoms with Crippen molar-refractivity contribution < 1.29 is 14.3 Å². The van der Waals surface area contributed by atoms with Gasteiger partial charge in [-0.1, -0.05) is 13.0 Å². The van der Waals surface area contributed by atoms with E-state index in [0.29, 0.717) is 24.0 Å². The van der Waals surface area contributed by atoms with Gasteiger partial charge in [0.15, 0.2) is 11.5 Å². The van der Waals surface area contributed by atoms with E-state index in [2.05, 4.69) is 10.6 Å². The largest absolute Gasteiger partial charge is 0.493 e. The molecule has 0 bridgehead atoms. The Labute approximate surface area is 119 Å². The maximum atomic E-state index is 12.0. The van der Waals surface area contributed by atoms with Gasteiger partial charge in [-0.2, -0.15) is 0 Å². The predicted octanol–water partition coefficient (Wildman–Crippen LogP) is 1.18. The quantitative estimate of drug-likeness (QED) is 0.820. The maximum absolute atomic E-state index is 12.0. The standard InChI is InChI=1S/C15H22N2O3/c1-10(12-8-16-9-12)15(18)17-7-11-4-5-13(19-2)14(6-11)20-3/h4-6,10,12,16H,7-9H2,1-3H3,(H,17,18). The molecule has 1 aromatic carbocycles. The molecule has 0 radical (unpaired) electrons. The van der Waals surface area contributed by atoms with Crippen LogP contribution < -0.4 is 20.1 Å². The van der Waals surface area contributed by atoms with E-state index in [1.807, 2.05) is 25.1 Å². The molecule has 1 unspecified atom stereocenters. The summed E-state index contributed by atoms with van der Waals surface area (Å²) in [7, 11) is 3.21. The molecule has 1 fully saturated rings. The molecule has 0 aromatic heterocycles. The van der Waals surface area contributed by atoms with Crippen LogP contribution in [0.1, 0.15) is 12.5 Å². The van der Waals surface area contributed by atoms with E-state index in [0.717, 1.165) is 18.7 Å². The van der Waals surface area contributed by atoms with Gasteiger partial charge in [-0.05, 0) is 36.7 Å². The van der Waals surface area contributed by atoms with Gasteiger partial charge in [0.2, 0.25) is 5.91 Å². The van der Waals surface area contributed by atoms with Crippen LogP contribution in [-0.2, 0) is 11.3 Å². The summed E-state index contributed by atoms with van der Waals surface area (Å²) in [6, 6.07) is 5.66. The number of methoxy groups -OCH3 is 2. The number of ether oxygens (including phenoxy) is 2. The lowest BCUT2D eigenvalue weighted by molar-refractivity contribution is -0.126. The van der Waals surface area contributed by atoms with Crippen LogP contribution in [0.25, 0.3) is 0 Å². The molecular weight excluding hydrogens is 256 g/mol. The van der Waals surface area contributed by atoms with Crippen molar-refractivity contribution in [3.63, 3.8) is 0 Å². The van der Waals surface area contributed by atoms with Crippen molar-refractivity contribution in [3.8, 4) is 11.5 Å². The minimum absolute atomic E-state index is 0.0522. The second-order valence-electron chi connectivity index (χ2n) is 5.11. The molecule has 0 saturated carbocycles. The van der Waals surface area contributed by atoms with Crippen LogP contribution in [0.5, 0.6) is 11.5 Å². The molecule has 5 nitrogen and oxygen atoms in total. The fraction of sp³-hybridized carbons (Fsp3) is 0.533. The first-order chi connectivity index (χ1) is 9.65. The van der Waals surface area contributed by atoms with E-state index in [9.17, 15) is 4.79 Å². The van der Waals surface area contributed by atoms with Crippen LogP contribution in [0.4, 0.5) is 0 Å². The van der Waals surface area contributed by atoms with Gasteiger partial charge < -0.3 is 20.1 Å². The van der Waals surface area contributed by atoms with Gasteiger partial charge in [-0.3, -0.25) is 4.79 Å². The number of amides is 1. The van der Waals surface area contributed by atoms with Crippen molar-refractivity contribution in [2.24, 2.45) is 11.8 Å². The SMILES string of the molecule is COc1ccc(CNC(=O)C(C)C2CNC2)cc1OC. The molecule has 5 heteroatoms. The first-order valence-electron chi connectivity index (χ1n) is 6.85. The van der Waals surface area contributed by atoms with Gasteiger partial charge in [-0.25, -0.2) is 0 Å². The van der Waals surface area contributed by atoms with Gasteiger partial charge >= 0.3 is 0 Å². The third-order valence-corrected chi connectivity index (χ3v) is 3.85. The number of rotatable bonds is 6. The first kappa shape index (κ1) is 14.7. The fourth-order valence-electron chi connectivity index (χ4n) is 2.22. The number of hydrogen-bond acceptors (Lipinski definition) is 4. The molecule has 0 aliphatic carbocycles. The van der Waals surface area contributed by atoms with Crippen LogP contribution >= 0.6 is 0 Å². The highest BCUT2D eigenvalue weighted by molar-refractivity contribution is 5.78. The zero-order valence-corrected chi connectivity index (χ0v) is 12.2. The number of benzene rings is 1. The van der Waals surface area contributed by atoms with Crippen molar-refractivity contribution in [3.05, 3.63) is 23.8 Å². The number of nitrogens with one attached hydrogen (secondary N) is 2. The van der Waals surface area contributed by atoms with Crippen molar-refractivity contribution in [2.75, 3.05) is 27.3 Å². The highest BCUT2D eigenvalue weighted by Gasteiger charge is 2.28. The predicted molar refractivity (Wildman–Crippen MR) is 76.9 cm³/mol. The van der Waals surface area contributed by atoms with Crippen molar-refractivity contribution >= 4 is 5.91 Å². The van der Waals surface area contributed by atoms with Gasteiger partial charge in [0, 0.05) is 12.5 Å². The third-order valence-electron chi connectivity index (χ3n) is 3.85. The summed E-state index contributed by atoms with van der Waals surface area (Å²) < 4.78 is 10.4. The van der Waals surface area contributed by atoms with E-state index in [4.69, 9.17) is 9.47 Å². The lowest BCUT2D eigenvalue weighted by atomic mass is 9.88. The van der Waals surface area contributed by atoms with E-state index in [-0.39, 0.29) is 11.8 Å². The average Bonchev–Trinajstić information content (AvgIpc) is 2.42. The van der Waals surface area contributed by atoms with E-state index in [1.165, 1.54) is 0 Å². The Morgan fingerprint density at radius 2 is 2.05 bits per heavy atom. The van der Waals surface area contributed by atoms with Gasteiger partial charge in [-0.15, -0.1) is 0 Å². The van der Waals surface area contributed by atoms with Crippen LogP contribution in [0.15, 0.2) is 18.2 Å². The topological polar surface area (TPSA) is 59.6 Å². The van der Waals surface area contributed by atoms with E-state index < -0.39 is 0 Å². The molecule has 1 aliphatic rings. The second kappa shape index (κ2) is 6.61.